The first-order chi connectivity index (χ1) is 13.7. The number of methoxy groups -OCH3 is 1. The van der Waals surface area contributed by atoms with E-state index in [2.05, 4.69) is 21.3 Å². The maximum absolute atomic E-state index is 12.8. The van der Waals surface area contributed by atoms with E-state index in [0.717, 1.165) is 41.5 Å². The summed E-state index contributed by atoms with van der Waals surface area (Å²) in [6.07, 6.45) is 10.1. The number of ether oxygens (including phenoxy) is 1. The average Bonchev–Trinajstić information content (AvgIpc) is 3.15. The van der Waals surface area contributed by atoms with Gasteiger partial charge in [0.2, 0.25) is 5.91 Å². The van der Waals surface area contributed by atoms with Crippen molar-refractivity contribution in [3.05, 3.63) is 36.3 Å². The Morgan fingerprint density at radius 3 is 2.79 bits per heavy atom. The van der Waals surface area contributed by atoms with Crippen molar-refractivity contribution in [2.45, 2.75) is 44.3 Å². The van der Waals surface area contributed by atoms with Gasteiger partial charge in [-0.2, -0.15) is 0 Å². The van der Waals surface area contributed by atoms with Crippen molar-refractivity contribution < 1.29 is 9.53 Å². The third-order valence-electron chi connectivity index (χ3n) is 4.73. The monoisotopic (exact) mass is 401 g/mol. The zero-order valence-corrected chi connectivity index (χ0v) is 17.3. The van der Waals surface area contributed by atoms with E-state index in [1.165, 1.54) is 18.2 Å². The molecule has 2 heterocycles. The molecule has 0 saturated carbocycles. The van der Waals surface area contributed by atoms with E-state index < -0.39 is 0 Å². The second-order valence-electron chi connectivity index (χ2n) is 6.55. The number of allylic oxidation sites excluding steroid dienone is 2. The van der Waals surface area contributed by atoms with Crippen LogP contribution in [0.1, 0.15) is 32.6 Å². The molecule has 28 heavy (non-hydrogen) atoms. The van der Waals surface area contributed by atoms with E-state index in [9.17, 15) is 4.79 Å². The standard InChI is InChI=1S/C20H27N5O2S/c1-3-24(17-7-5-4-6-8-17)18(26)15-28-20-23-22-19(25(20)13-14-27-2)16-9-11-21-12-10-16/h7,9-12H,3-6,8,13-15H2,1-2H3. The number of nitrogens with zero attached hydrogens (tertiary/aromatic N) is 5. The SMILES string of the molecule is CCN(C(=O)CSc1nnc(-c2ccncc2)n1CCOC)C1=CCCCC1. The summed E-state index contributed by atoms with van der Waals surface area (Å²) in [6.45, 7) is 3.90. The summed E-state index contributed by atoms with van der Waals surface area (Å²) in [5.41, 5.74) is 2.11. The lowest BCUT2D eigenvalue weighted by molar-refractivity contribution is -0.126. The zero-order chi connectivity index (χ0) is 19.8. The largest absolute Gasteiger partial charge is 0.383 e. The third kappa shape index (κ3) is 4.99. The lowest BCUT2D eigenvalue weighted by Gasteiger charge is -2.26. The summed E-state index contributed by atoms with van der Waals surface area (Å²) in [6, 6.07) is 3.81. The summed E-state index contributed by atoms with van der Waals surface area (Å²) in [4.78, 5) is 18.8. The third-order valence-corrected chi connectivity index (χ3v) is 5.68. The molecule has 8 heteroatoms. The molecule has 0 atom stereocenters. The lowest BCUT2D eigenvalue weighted by Crippen LogP contribution is -2.32. The lowest BCUT2D eigenvalue weighted by atomic mass is 10.0. The molecule has 0 aliphatic heterocycles. The van der Waals surface area contributed by atoms with Crippen LogP contribution < -0.4 is 0 Å². The summed E-state index contributed by atoms with van der Waals surface area (Å²) in [5, 5.41) is 9.40. The predicted molar refractivity (Wildman–Crippen MR) is 110 cm³/mol. The van der Waals surface area contributed by atoms with Gasteiger partial charge in [-0.1, -0.05) is 17.8 Å². The van der Waals surface area contributed by atoms with Crippen molar-refractivity contribution in [1.29, 1.82) is 0 Å². The normalized spacial score (nSPS) is 14.0. The highest BCUT2D eigenvalue weighted by Gasteiger charge is 2.20. The van der Waals surface area contributed by atoms with Crippen LogP contribution in [0.15, 0.2) is 41.5 Å². The Balaban J connectivity index is 1.73. The van der Waals surface area contributed by atoms with Gasteiger partial charge in [0.15, 0.2) is 11.0 Å². The number of carbonyl (C=O) groups excluding carboxylic acids is 1. The highest BCUT2D eigenvalue weighted by Crippen LogP contribution is 2.26. The van der Waals surface area contributed by atoms with Gasteiger partial charge in [-0.3, -0.25) is 14.3 Å². The molecule has 7 nitrogen and oxygen atoms in total. The van der Waals surface area contributed by atoms with Crippen LogP contribution in [-0.2, 0) is 16.1 Å². The summed E-state index contributed by atoms with van der Waals surface area (Å²) in [7, 11) is 1.67. The van der Waals surface area contributed by atoms with Crippen LogP contribution in [0.25, 0.3) is 11.4 Å². The minimum atomic E-state index is 0.118. The van der Waals surface area contributed by atoms with Gasteiger partial charge in [0.25, 0.3) is 0 Å². The van der Waals surface area contributed by atoms with Crippen LogP contribution in [0.5, 0.6) is 0 Å². The van der Waals surface area contributed by atoms with Crippen LogP contribution >= 0.6 is 11.8 Å². The van der Waals surface area contributed by atoms with Crippen LogP contribution in [0, 0.1) is 0 Å². The molecule has 0 aromatic carbocycles. The number of rotatable bonds is 9. The number of thioether (sulfide) groups is 1. The first-order valence-corrected chi connectivity index (χ1v) is 10.7. The molecule has 0 bridgehead atoms. The van der Waals surface area contributed by atoms with Crippen molar-refractivity contribution in [2.75, 3.05) is 26.0 Å². The highest BCUT2D eigenvalue weighted by molar-refractivity contribution is 7.99. The highest BCUT2D eigenvalue weighted by atomic mass is 32.2. The molecule has 0 unspecified atom stereocenters. The predicted octanol–water partition coefficient (Wildman–Crippen LogP) is 3.39. The minimum Gasteiger partial charge on any atom is -0.383 e. The van der Waals surface area contributed by atoms with Gasteiger partial charge < -0.3 is 9.64 Å². The number of carbonyl (C=O) groups is 1. The topological polar surface area (TPSA) is 73.1 Å². The average molecular weight is 402 g/mol. The fourth-order valence-corrected chi connectivity index (χ4v) is 4.14. The molecule has 2 aromatic rings. The van der Waals surface area contributed by atoms with Gasteiger partial charge in [0.05, 0.1) is 18.9 Å². The second-order valence-corrected chi connectivity index (χ2v) is 7.50. The molecule has 1 aliphatic carbocycles. The Kier molecular flexibility index (Phi) is 7.62. The van der Waals surface area contributed by atoms with Gasteiger partial charge in [-0.05, 0) is 44.7 Å². The van der Waals surface area contributed by atoms with E-state index in [0.29, 0.717) is 25.4 Å². The van der Waals surface area contributed by atoms with Gasteiger partial charge in [0.1, 0.15) is 0 Å². The number of aromatic nitrogens is 4. The van der Waals surface area contributed by atoms with E-state index >= 15 is 0 Å². The van der Waals surface area contributed by atoms with E-state index in [4.69, 9.17) is 4.74 Å². The Morgan fingerprint density at radius 1 is 1.29 bits per heavy atom. The molecule has 0 spiro atoms. The fraction of sp³-hybridized carbons (Fsp3) is 0.500. The number of hydrogen-bond donors (Lipinski definition) is 0. The number of amides is 1. The van der Waals surface area contributed by atoms with Gasteiger partial charge in [0, 0.05) is 37.3 Å². The van der Waals surface area contributed by atoms with E-state index in [1.807, 2.05) is 28.5 Å². The molecule has 0 N–H and O–H groups in total. The first-order valence-electron chi connectivity index (χ1n) is 9.69. The molecule has 0 fully saturated rings. The molecule has 0 radical (unpaired) electrons. The minimum absolute atomic E-state index is 0.118. The Morgan fingerprint density at radius 2 is 2.11 bits per heavy atom. The Labute approximate surface area is 170 Å². The second kappa shape index (κ2) is 10.4. The molecular weight excluding hydrogens is 374 g/mol. The molecule has 0 saturated heterocycles. The van der Waals surface area contributed by atoms with Crippen molar-refractivity contribution in [3.8, 4) is 11.4 Å². The number of hydrogen-bond acceptors (Lipinski definition) is 6. The van der Waals surface area contributed by atoms with Crippen molar-refractivity contribution in [3.63, 3.8) is 0 Å². The van der Waals surface area contributed by atoms with E-state index in [-0.39, 0.29) is 5.91 Å². The van der Waals surface area contributed by atoms with Gasteiger partial charge in [-0.15, -0.1) is 10.2 Å². The Hall–Kier alpha value is -2.19. The fourth-order valence-electron chi connectivity index (χ4n) is 3.30. The smallest absolute Gasteiger partial charge is 0.237 e. The van der Waals surface area contributed by atoms with Gasteiger partial charge in [-0.25, -0.2) is 0 Å². The van der Waals surface area contributed by atoms with Crippen molar-refractivity contribution >= 4 is 17.7 Å². The maximum Gasteiger partial charge on any atom is 0.237 e. The summed E-state index contributed by atoms with van der Waals surface area (Å²) in [5.74, 6) is 1.22. The Bertz CT molecular complexity index is 806. The molecule has 150 valence electrons. The first kappa shape index (κ1) is 20.5. The van der Waals surface area contributed by atoms with Gasteiger partial charge >= 0.3 is 0 Å². The summed E-state index contributed by atoms with van der Waals surface area (Å²) < 4.78 is 7.25. The molecular formula is C20H27N5O2S. The van der Waals surface area contributed by atoms with Crippen LogP contribution in [-0.4, -0.2) is 56.6 Å². The summed E-state index contributed by atoms with van der Waals surface area (Å²) >= 11 is 1.43. The molecule has 1 amide bonds. The molecule has 1 aliphatic rings. The van der Waals surface area contributed by atoms with E-state index in [1.54, 1.807) is 19.5 Å². The van der Waals surface area contributed by atoms with Crippen molar-refractivity contribution in [2.24, 2.45) is 0 Å². The maximum atomic E-state index is 12.8. The van der Waals surface area contributed by atoms with Crippen LogP contribution in [0.4, 0.5) is 0 Å². The van der Waals surface area contributed by atoms with Crippen LogP contribution in [0.2, 0.25) is 0 Å². The van der Waals surface area contributed by atoms with Crippen molar-refractivity contribution in [1.82, 2.24) is 24.6 Å². The van der Waals surface area contributed by atoms with Crippen LogP contribution in [0.3, 0.4) is 0 Å². The molecule has 3 rings (SSSR count). The zero-order valence-electron chi connectivity index (χ0n) is 16.5. The number of pyridine rings is 1. The molecule has 2 aromatic heterocycles. The quantitative estimate of drug-likeness (QED) is 0.600.